The topological polar surface area (TPSA) is 64.8 Å². The molecule has 0 aromatic carbocycles. The van der Waals surface area contributed by atoms with Gasteiger partial charge in [0.15, 0.2) is 0 Å². The molecule has 0 aliphatic carbocycles. The Morgan fingerprint density at radius 3 is 2.73 bits per heavy atom. The highest BCUT2D eigenvalue weighted by Crippen LogP contribution is 2.15. The van der Waals surface area contributed by atoms with E-state index in [0.717, 1.165) is 0 Å². The monoisotopic (exact) mass is 214 g/mol. The van der Waals surface area contributed by atoms with E-state index < -0.39 is 5.54 Å². The van der Waals surface area contributed by atoms with Crippen molar-refractivity contribution >= 4 is 5.91 Å². The van der Waals surface area contributed by atoms with Gasteiger partial charge in [-0.1, -0.05) is 0 Å². The van der Waals surface area contributed by atoms with Crippen LogP contribution in [0.4, 0.5) is 0 Å². The maximum Gasteiger partial charge on any atom is 0.292 e. The highest BCUT2D eigenvalue weighted by molar-refractivity contribution is 5.91. The van der Waals surface area contributed by atoms with E-state index in [4.69, 9.17) is 15.2 Å². The van der Waals surface area contributed by atoms with Crippen molar-refractivity contribution < 1.29 is 14.3 Å². The normalized spacial score (nSPS) is 16.1. The first-order valence-electron chi connectivity index (χ1n) is 4.92. The van der Waals surface area contributed by atoms with Crippen LogP contribution in [0.5, 0.6) is 0 Å². The molecule has 0 spiro atoms. The highest BCUT2D eigenvalue weighted by Gasteiger charge is 2.29. The van der Waals surface area contributed by atoms with Crippen LogP contribution in [0.25, 0.3) is 0 Å². The van der Waals surface area contributed by atoms with Crippen LogP contribution in [0.1, 0.15) is 13.8 Å². The van der Waals surface area contributed by atoms with Crippen LogP contribution in [0.3, 0.4) is 0 Å². The predicted octanol–water partition coefficient (Wildman–Crippen LogP) is 0.0703. The van der Waals surface area contributed by atoms with Gasteiger partial charge in [0.2, 0.25) is 5.76 Å². The van der Waals surface area contributed by atoms with Crippen LogP contribution in [0.2, 0.25) is 0 Å². The van der Waals surface area contributed by atoms with Gasteiger partial charge in [-0.2, -0.15) is 0 Å². The van der Waals surface area contributed by atoms with E-state index in [0.29, 0.717) is 19.8 Å². The van der Waals surface area contributed by atoms with Gasteiger partial charge in [0.25, 0.3) is 5.91 Å². The Balaban J connectivity index is 2.71. The van der Waals surface area contributed by atoms with Gasteiger partial charge in [-0.05, 0) is 13.8 Å². The fraction of sp³-hybridized carbons (Fsp3) is 0.700. The molecule has 0 atom stereocenters. The zero-order chi connectivity index (χ0) is 11.5. The predicted molar refractivity (Wildman–Crippen MR) is 55.9 cm³/mol. The summed E-state index contributed by atoms with van der Waals surface area (Å²) in [5.41, 5.74) is 5.20. The van der Waals surface area contributed by atoms with Crippen molar-refractivity contribution in [2.24, 2.45) is 5.73 Å². The van der Waals surface area contributed by atoms with Crippen molar-refractivity contribution in [2.45, 2.75) is 19.4 Å². The summed E-state index contributed by atoms with van der Waals surface area (Å²) in [5.74, 6) is 0.0374. The summed E-state index contributed by atoms with van der Waals surface area (Å²) in [5, 5.41) is 0. The Morgan fingerprint density at radius 2 is 2.27 bits per heavy atom. The number of carbonyl (C=O) groups excluding carboxylic acids is 1. The smallest absolute Gasteiger partial charge is 0.292 e. The Bertz CT molecular complexity index is 274. The minimum Gasteiger partial charge on any atom is -0.494 e. The second kappa shape index (κ2) is 4.53. The third kappa shape index (κ3) is 2.62. The third-order valence-electron chi connectivity index (χ3n) is 2.57. The fourth-order valence-electron chi connectivity index (χ4n) is 1.06. The number of amides is 1. The van der Waals surface area contributed by atoms with Crippen LogP contribution in [-0.4, -0.2) is 43.2 Å². The third-order valence-corrected chi connectivity index (χ3v) is 2.57. The average molecular weight is 214 g/mol. The summed E-state index contributed by atoms with van der Waals surface area (Å²) in [7, 11) is 1.70. The molecule has 1 aliphatic rings. The molecule has 0 radical (unpaired) electrons. The molecule has 0 unspecified atom stereocenters. The first-order chi connectivity index (χ1) is 6.99. The van der Waals surface area contributed by atoms with E-state index in [9.17, 15) is 4.79 Å². The molecule has 5 heteroatoms. The van der Waals surface area contributed by atoms with Crippen molar-refractivity contribution in [3.05, 3.63) is 12.0 Å². The van der Waals surface area contributed by atoms with Crippen LogP contribution in [-0.2, 0) is 14.3 Å². The summed E-state index contributed by atoms with van der Waals surface area (Å²) in [6.07, 6.45) is 1.36. The van der Waals surface area contributed by atoms with Gasteiger partial charge in [0.05, 0.1) is 0 Å². The van der Waals surface area contributed by atoms with Crippen molar-refractivity contribution in [1.82, 2.24) is 4.90 Å². The summed E-state index contributed by atoms with van der Waals surface area (Å²) >= 11 is 0. The number of ether oxygens (including phenoxy) is 2. The number of rotatable bonds is 3. The number of hydrogen-bond donors (Lipinski definition) is 1. The second-order valence-corrected chi connectivity index (χ2v) is 4.08. The van der Waals surface area contributed by atoms with E-state index in [-0.39, 0.29) is 11.7 Å². The molecule has 2 N–H and O–H groups in total. The largest absolute Gasteiger partial charge is 0.494 e. The van der Waals surface area contributed by atoms with Gasteiger partial charge in [-0.15, -0.1) is 0 Å². The first-order valence-corrected chi connectivity index (χ1v) is 4.92. The van der Waals surface area contributed by atoms with Gasteiger partial charge in [0.1, 0.15) is 19.5 Å². The van der Waals surface area contributed by atoms with Crippen LogP contribution >= 0.6 is 0 Å². The maximum atomic E-state index is 11.9. The molecular weight excluding hydrogens is 196 g/mol. The van der Waals surface area contributed by atoms with E-state index in [1.54, 1.807) is 11.9 Å². The molecule has 1 amide bonds. The van der Waals surface area contributed by atoms with Crippen molar-refractivity contribution in [3.8, 4) is 0 Å². The van der Waals surface area contributed by atoms with Gasteiger partial charge >= 0.3 is 0 Å². The zero-order valence-electron chi connectivity index (χ0n) is 9.45. The Kier molecular flexibility index (Phi) is 3.57. The number of nitrogens with two attached hydrogens (primary N) is 1. The molecule has 0 fully saturated rings. The van der Waals surface area contributed by atoms with Gasteiger partial charge in [-0.25, -0.2) is 0 Å². The lowest BCUT2D eigenvalue weighted by Crippen LogP contribution is -2.50. The lowest BCUT2D eigenvalue weighted by molar-refractivity contribution is -0.135. The SMILES string of the molecule is CN(C(=O)C1=COCCO1)C(C)(C)CN. The van der Waals surface area contributed by atoms with Crippen LogP contribution < -0.4 is 5.73 Å². The van der Waals surface area contributed by atoms with E-state index >= 15 is 0 Å². The maximum absolute atomic E-state index is 11.9. The zero-order valence-corrected chi connectivity index (χ0v) is 9.45. The summed E-state index contributed by atoms with van der Waals surface area (Å²) in [6, 6.07) is 0. The van der Waals surface area contributed by atoms with Crippen molar-refractivity contribution in [1.29, 1.82) is 0 Å². The quantitative estimate of drug-likeness (QED) is 0.722. The Morgan fingerprint density at radius 1 is 1.60 bits per heavy atom. The molecule has 0 aromatic rings. The molecule has 15 heavy (non-hydrogen) atoms. The number of hydrogen-bond acceptors (Lipinski definition) is 4. The number of carbonyl (C=O) groups is 1. The first kappa shape index (κ1) is 11.8. The number of nitrogens with zero attached hydrogens (tertiary/aromatic N) is 1. The fourth-order valence-corrected chi connectivity index (χ4v) is 1.06. The van der Waals surface area contributed by atoms with E-state index in [1.165, 1.54) is 6.26 Å². The molecular formula is C10H18N2O3. The van der Waals surface area contributed by atoms with Crippen molar-refractivity contribution in [3.63, 3.8) is 0 Å². The Labute approximate surface area is 89.8 Å². The van der Waals surface area contributed by atoms with Gasteiger partial charge in [0, 0.05) is 19.1 Å². The minimum atomic E-state index is -0.390. The average Bonchev–Trinajstić information content (AvgIpc) is 2.28. The summed E-state index contributed by atoms with van der Waals surface area (Å²) in [4.78, 5) is 13.5. The van der Waals surface area contributed by atoms with Crippen LogP contribution in [0.15, 0.2) is 12.0 Å². The van der Waals surface area contributed by atoms with Crippen LogP contribution in [0, 0.1) is 0 Å². The minimum absolute atomic E-state index is 0.204. The molecule has 0 aromatic heterocycles. The molecule has 5 nitrogen and oxygen atoms in total. The molecule has 86 valence electrons. The Hall–Kier alpha value is -1.23. The molecule has 1 heterocycles. The van der Waals surface area contributed by atoms with Gasteiger partial charge in [-0.3, -0.25) is 4.79 Å². The van der Waals surface area contributed by atoms with E-state index in [2.05, 4.69) is 0 Å². The lowest BCUT2D eigenvalue weighted by Gasteiger charge is -2.35. The standard InChI is InChI=1S/C10H18N2O3/c1-10(2,7-11)12(3)9(13)8-6-14-4-5-15-8/h6H,4-5,7,11H2,1-3H3. The molecule has 1 aliphatic heterocycles. The lowest BCUT2D eigenvalue weighted by atomic mass is 10.0. The molecule has 0 saturated carbocycles. The summed E-state index contributed by atoms with van der Waals surface area (Å²) < 4.78 is 10.2. The molecule has 1 rings (SSSR count). The summed E-state index contributed by atoms with van der Waals surface area (Å²) in [6.45, 7) is 5.09. The highest BCUT2D eigenvalue weighted by atomic mass is 16.6. The molecule has 0 bridgehead atoms. The number of likely N-dealkylation sites (N-methyl/N-ethyl adjacent to an activating group) is 1. The van der Waals surface area contributed by atoms with Gasteiger partial charge < -0.3 is 20.1 Å². The van der Waals surface area contributed by atoms with E-state index in [1.807, 2.05) is 13.8 Å². The second-order valence-electron chi connectivity index (χ2n) is 4.08. The van der Waals surface area contributed by atoms with Crippen molar-refractivity contribution in [2.75, 3.05) is 26.8 Å². The molecule has 0 saturated heterocycles.